The first-order chi connectivity index (χ1) is 9.24. The highest BCUT2D eigenvalue weighted by Crippen LogP contribution is 2.41. The van der Waals surface area contributed by atoms with Gasteiger partial charge in [-0.15, -0.1) is 0 Å². The van der Waals surface area contributed by atoms with E-state index in [2.05, 4.69) is 26.2 Å². The quantitative estimate of drug-likeness (QED) is 0.925. The fraction of sp³-hybridized carbons (Fsp3) is 0.571. The third-order valence-electron chi connectivity index (χ3n) is 3.78. The summed E-state index contributed by atoms with van der Waals surface area (Å²) in [5.74, 6) is 0.693. The summed E-state index contributed by atoms with van der Waals surface area (Å²) in [5.41, 5.74) is 1.09. The normalized spacial score (nSPS) is 24.2. The average molecular weight is 325 g/mol. The van der Waals surface area contributed by atoms with E-state index in [0.717, 1.165) is 16.5 Å². The molecule has 1 aliphatic carbocycles. The summed E-state index contributed by atoms with van der Waals surface area (Å²) in [6, 6.07) is 2.14. The molecule has 1 amide bonds. The van der Waals surface area contributed by atoms with Crippen LogP contribution in [0.3, 0.4) is 0 Å². The summed E-state index contributed by atoms with van der Waals surface area (Å²) in [5, 5.41) is 3.18. The number of pyridine rings is 1. The van der Waals surface area contributed by atoms with Crippen LogP contribution in [0.15, 0.2) is 22.9 Å². The van der Waals surface area contributed by atoms with Crippen molar-refractivity contribution < 1.29 is 9.53 Å². The molecule has 1 aromatic heterocycles. The third-order valence-corrected chi connectivity index (χ3v) is 4.21. The minimum Gasteiger partial charge on any atom is -0.381 e. The Labute approximate surface area is 121 Å². The fourth-order valence-corrected chi connectivity index (χ4v) is 2.90. The van der Waals surface area contributed by atoms with Gasteiger partial charge in [0.15, 0.2) is 0 Å². The summed E-state index contributed by atoms with van der Waals surface area (Å²) in [7, 11) is 0. The third kappa shape index (κ3) is 3.15. The molecule has 1 saturated heterocycles. The van der Waals surface area contributed by atoms with Gasteiger partial charge in [0.05, 0.1) is 18.6 Å². The second-order valence-corrected chi connectivity index (χ2v) is 6.24. The Bertz CT molecular complexity index is 470. The van der Waals surface area contributed by atoms with E-state index < -0.39 is 0 Å². The Hall–Kier alpha value is -0.940. The monoisotopic (exact) mass is 324 g/mol. The van der Waals surface area contributed by atoms with Crippen LogP contribution in [0, 0.1) is 11.8 Å². The summed E-state index contributed by atoms with van der Waals surface area (Å²) in [6.45, 7) is 1.25. The van der Waals surface area contributed by atoms with E-state index in [9.17, 15) is 4.79 Å². The van der Waals surface area contributed by atoms with Gasteiger partial charge in [0.25, 0.3) is 0 Å². The molecule has 0 unspecified atom stereocenters. The number of carbonyl (C=O) groups excluding carboxylic acids is 1. The van der Waals surface area contributed by atoms with Crippen molar-refractivity contribution in [2.24, 2.45) is 11.8 Å². The summed E-state index contributed by atoms with van der Waals surface area (Å²) in [4.78, 5) is 16.4. The summed E-state index contributed by atoms with van der Waals surface area (Å²) < 4.78 is 6.23. The van der Waals surface area contributed by atoms with Gasteiger partial charge in [-0.3, -0.25) is 9.78 Å². The molecular weight excluding hydrogens is 308 g/mol. The Morgan fingerprint density at radius 1 is 1.42 bits per heavy atom. The lowest BCUT2D eigenvalue weighted by Gasteiger charge is -2.20. The van der Waals surface area contributed by atoms with Gasteiger partial charge in [-0.2, -0.15) is 0 Å². The minimum atomic E-state index is 0.0152. The highest BCUT2D eigenvalue weighted by atomic mass is 79.9. The van der Waals surface area contributed by atoms with Crippen molar-refractivity contribution in [3.8, 4) is 0 Å². The molecule has 2 fully saturated rings. The van der Waals surface area contributed by atoms with E-state index in [1.807, 2.05) is 12.3 Å². The average Bonchev–Trinajstić information content (AvgIpc) is 3.09. The van der Waals surface area contributed by atoms with Crippen molar-refractivity contribution in [1.82, 2.24) is 10.3 Å². The fourth-order valence-electron chi connectivity index (χ4n) is 2.51. The smallest absolute Gasteiger partial charge is 0.226 e. The molecule has 5 heteroatoms. The van der Waals surface area contributed by atoms with Crippen LogP contribution in [0.25, 0.3) is 0 Å². The van der Waals surface area contributed by atoms with Crippen LogP contribution in [0.5, 0.6) is 0 Å². The maximum Gasteiger partial charge on any atom is 0.226 e. The maximum atomic E-state index is 12.2. The molecule has 1 aliphatic heterocycles. The van der Waals surface area contributed by atoms with Gasteiger partial charge in [0.2, 0.25) is 5.91 Å². The van der Waals surface area contributed by atoms with Crippen molar-refractivity contribution in [3.05, 3.63) is 28.5 Å². The molecule has 3 rings (SSSR count). The van der Waals surface area contributed by atoms with E-state index >= 15 is 0 Å². The Balaban J connectivity index is 1.72. The minimum absolute atomic E-state index is 0.0152. The topological polar surface area (TPSA) is 51.2 Å². The van der Waals surface area contributed by atoms with Crippen LogP contribution in [-0.2, 0) is 9.53 Å². The molecule has 2 aliphatic rings. The number of amides is 1. The molecule has 4 nitrogen and oxygen atoms in total. The number of halogens is 1. The standard InChI is InChI=1S/C14H17BrN2O2/c15-12-5-11(6-16-7-12)13(9-1-2-9)17-14(18)10-3-4-19-8-10/h5-7,9-10,13H,1-4,8H2,(H,17,18)/t10-,13-/m0/s1. The van der Waals surface area contributed by atoms with Crippen molar-refractivity contribution >= 4 is 21.8 Å². The molecule has 0 radical (unpaired) electrons. The largest absolute Gasteiger partial charge is 0.381 e. The van der Waals surface area contributed by atoms with Crippen LogP contribution in [0.2, 0.25) is 0 Å². The molecule has 2 atom stereocenters. The Morgan fingerprint density at radius 3 is 2.89 bits per heavy atom. The highest BCUT2D eigenvalue weighted by molar-refractivity contribution is 9.10. The zero-order valence-electron chi connectivity index (χ0n) is 10.6. The first-order valence-corrected chi connectivity index (χ1v) is 7.52. The van der Waals surface area contributed by atoms with Gasteiger partial charge in [0, 0.05) is 23.5 Å². The molecule has 0 spiro atoms. The molecule has 102 valence electrons. The first-order valence-electron chi connectivity index (χ1n) is 6.72. The highest BCUT2D eigenvalue weighted by Gasteiger charge is 2.35. The van der Waals surface area contributed by atoms with Crippen LogP contribution < -0.4 is 5.32 Å². The van der Waals surface area contributed by atoms with Gasteiger partial charge in [-0.1, -0.05) is 0 Å². The van der Waals surface area contributed by atoms with Crippen molar-refractivity contribution in [2.45, 2.75) is 25.3 Å². The predicted molar refractivity (Wildman–Crippen MR) is 74.5 cm³/mol. The number of aromatic nitrogens is 1. The molecule has 0 aromatic carbocycles. The molecule has 19 heavy (non-hydrogen) atoms. The molecule has 2 heterocycles. The Morgan fingerprint density at radius 2 is 2.26 bits per heavy atom. The predicted octanol–water partition coefficient (Wildman–Crippen LogP) is 2.45. The van der Waals surface area contributed by atoms with E-state index in [1.54, 1.807) is 6.20 Å². The van der Waals surface area contributed by atoms with Gasteiger partial charge in [-0.05, 0) is 52.7 Å². The van der Waals surface area contributed by atoms with Gasteiger partial charge in [0.1, 0.15) is 0 Å². The molecular formula is C14H17BrN2O2. The van der Waals surface area contributed by atoms with Gasteiger partial charge >= 0.3 is 0 Å². The van der Waals surface area contributed by atoms with Crippen molar-refractivity contribution in [2.75, 3.05) is 13.2 Å². The van der Waals surface area contributed by atoms with Crippen LogP contribution in [0.1, 0.15) is 30.9 Å². The zero-order valence-corrected chi connectivity index (χ0v) is 12.2. The van der Waals surface area contributed by atoms with Crippen LogP contribution >= 0.6 is 15.9 Å². The number of hydrogen-bond acceptors (Lipinski definition) is 3. The summed E-state index contributed by atoms with van der Waals surface area (Å²) >= 11 is 3.44. The number of nitrogens with one attached hydrogen (secondary N) is 1. The lowest BCUT2D eigenvalue weighted by molar-refractivity contribution is -0.125. The SMILES string of the molecule is O=C(N[C@H](c1cncc(Br)c1)C1CC1)[C@H]1CCOC1. The molecule has 1 saturated carbocycles. The van der Waals surface area contributed by atoms with E-state index in [1.165, 1.54) is 12.8 Å². The maximum absolute atomic E-state index is 12.2. The zero-order chi connectivity index (χ0) is 13.2. The molecule has 0 bridgehead atoms. The number of rotatable bonds is 4. The lowest BCUT2D eigenvalue weighted by atomic mass is 10.0. The molecule has 1 N–H and O–H groups in total. The number of hydrogen-bond donors (Lipinski definition) is 1. The van der Waals surface area contributed by atoms with Gasteiger partial charge in [-0.25, -0.2) is 0 Å². The van der Waals surface area contributed by atoms with E-state index in [-0.39, 0.29) is 17.9 Å². The number of nitrogens with zero attached hydrogens (tertiary/aromatic N) is 1. The molecule has 1 aromatic rings. The van der Waals surface area contributed by atoms with E-state index in [4.69, 9.17) is 4.74 Å². The van der Waals surface area contributed by atoms with Crippen LogP contribution in [0.4, 0.5) is 0 Å². The Kier molecular flexibility index (Phi) is 3.84. The second kappa shape index (κ2) is 5.59. The van der Waals surface area contributed by atoms with Crippen LogP contribution in [-0.4, -0.2) is 24.1 Å². The van der Waals surface area contributed by atoms with E-state index in [0.29, 0.717) is 19.1 Å². The van der Waals surface area contributed by atoms with Crippen molar-refractivity contribution in [3.63, 3.8) is 0 Å². The number of carbonyl (C=O) groups is 1. The van der Waals surface area contributed by atoms with Crippen molar-refractivity contribution in [1.29, 1.82) is 0 Å². The number of ether oxygens (including phenoxy) is 1. The van der Waals surface area contributed by atoms with Gasteiger partial charge < -0.3 is 10.1 Å². The first kappa shape index (κ1) is 13.1. The lowest BCUT2D eigenvalue weighted by Crippen LogP contribution is -2.35. The summed E-state index contributed by atoms with van der Waals surface area (Å²) in [6.07, 6.45) is 6.80. The second-order valence-electron chi connectivity index (χ2n) is 5.32.